The highest BCUT2D eigenvalue weighted by Gasteiger charge is 2.27. The molecule has 0 radical (unpaired) electrons. The average Bonchev–Trinajstić information content (AvgIpc) is 3.24. The first kappa shape index (κ1) is 19.3. The van der Waals surface area contributed by atoms with Gasteiger partial charge in [-0.05, 0) is 36.8 Å². The zero-order valence-corrected chi connectivity index (χ0v) is 16.3. The Labute approximate surface area is 169 Å². The van der Waals surface area contributed by atoms with Crippen LogP contribution in [-0.4, -0.2) is 49.6 Å². The molecule has 152 valence electrons. The molecule has 2 aliphatic rings. The van der Waals surface area contributed by atoms with E-state index in [4.69, 9.17) is 13.9 Å². The lowest BCUT2D eigenvalue weighted by Gasteiger charge is -2.28. The van der Waals surface area contributed by atoms with Crippen molar-refractivity contribution in [1.82, 2.24) is 4.90 Å². The molecule has 1 saturated heterocycles. The van der Waals surface area contributed by atoms with Gasteiger partial charge in [0.05, 0.1) is 19.5 Å². The van der Waals surface area contributed by atoms with E-state index in [0.717, 1.165) is 22.6 Å². The van der Waals surface area contributed by atoms with Crippen molar-refractivity contribution in [2.45, 2.75) is 19.3 Å². The molecule has 1 fully saturated rings. The number of nitrogens with one attached hydrogen (secondary N) is 1. The van der Waals surface area contributed by atoms with Gasteiger partial charge in [-0.25, -0.2) is 0 Å². The number of carbonyl (C=O) groups is 2. The fraction of sp³-hybridized carbons (Fsp3) is 0.364. The standard InChI is InChI=1S/C22H24N2O5/c1-15(11-16-3-2-8-28-16)19-13-21(25)23-20-12-17(4-5-18(19)20)29-14-22(26)24-6-9-27-10-7-24/h2-5,8,11-12,19H,6-7,9-10,13-14H2,1H3,(H,23,25)/b15-11+. The second kappa shape index (κ2) is 8.53. The molecule has 1 atom stereocenters. The summed E-state index contributed by atoms with van der Waals surface area (Å²) >= 11 is 0. The summed E-state index contributed by atoms with van der Waals surface area (Å²) < 4.78 is 16.3. The van der Waals surface area contributed by atoms with Crippen molar-refractivity contribution in [3.05, 3.63) is 53.5 Å². The topological polar surface area (TPSA) is 81.0 Å². The van der Waals surface area contributed by atoms with Crippen LogP contribution in [0.15, 0.2) is 46.6 Å². The van der Waals surface area contributed by atoms with E-state index in [9.17, 15) is 9.59 Å². The molecule has 4 rings (SSSR count). The molecule has 2 aliphatic heterocycles. The van der Waals surface area contributed by atoms with Crippen LogP contribution in [0.2, 0.25) is 0 Å². The number of amides is 2. The van der Waals surface area contributed by atoms with E-state index in [1.165, 1.54) is 0 Å². The first-order valence-electron chi connectivity index (χ1n) is 9.74. The zero-order valence-electron chi connectivity index (χ0n) is 16.3. The van der Waals surface area contributed by atoms with Crippen LogP contribution in [0.25, 0.3) is 6.08 Å². The number of allylic oxidation sites excluding steroid dienone is 1. The number of morpholine rings is 1. The van der Waals surface area contributed by atoms with Gasteiger partial charge in [-0.2, -0.15) is 0 Å². The number of anilines is 1. The van der Waals surface area contributed by atoms with Crippen LogP contribution in [0.3, 0.4) is 0 Å². The summed E-state index contributed by atoms with van der Waals surface area (Å²) in [4.78, 5) is 26.3. The van der Waals surface area contributed by atoms with Gasteiger partial charge in [-0.15, -0.1) is 0 Å². The van der Waals surface area contributed by atoms with Crippen LogP contribution in [0.4, 0.5) is 5.69 Å². The van der Waals surface area contributed by atoms with Crippen molar-refractivity contribution in [3.63, 3.8) is 0 Å². The zero-order chi connectivity index (χ0) is 20.2. The van der Waals surface area contributed by atoms with Crippen LogP contribution in [0.5, 0.6) is 5.75 Å². The average molecular weight is 396 g/mol. The summed E-state index contributed by atoms with van der Waals surface area (Å²) in [7, 11) is 0. The molecule has 0 spiro atoms. The van der Waals surface area contributed by atoms with Crippen LogP contribution < -0.4 is 10.1 Å². The molecule has 0 bridgehead atoms. The lowest BCUT2D eigenvalue weighted by atomic mass is 9.84. The van der Waals surface area contributed by atoms with Crippen LogP contribution in [0.1, 0.15) is 30.6 Å². The van der Waals surface area contributed by atoms with Crippen LogP contribution in [-0.2, 0) is 14.3 Å². The number of rotatable bonds is 5. The number of fused-ring (bicyclic) bond motifs is 1. The maximum absolute atomic E-state index is 12.3. The van der Waals surface area contributed by atoms with Crippen LogP contribution >= 0.6 is 0 Å². The van der Waals surface area contributed by atoms with E-state index >= 15 is 0 Å². The molecule has 0 aliphatic carbocycles. The minimum atomic E-state index is -0.0647. The predicted octanol–water partition coefficient (Wildman–Crippen LogP) is 3.05. The molecule has 2 aromatic rings. The van der Waals surface area contributed by atoms with Crippen molar-refractivity contribution in [2.75, 3.05) is 38.2 Å². The maximum Gasteiger partial charge on any atom is 0.260 e. The summed E-state index contributed by atoms with van der Waals surface area (Å²) in [6.45, 7) is 4.26. The van der Waals surface area contributed by atoms with E-state index in [2.05, 4.69) is 5.32 Å². The molecule has 1 aromatic heterocycles. The quantitative estimate of drug-likeness (QED) is 0.840. The highest BCUT2D eigenvalue weighted by atomic mass is 16.5. The van der Waals surface area contributed by atoms with Gasteiger partial charge in [-0.1, -0.05) is 11.6 Å². The molecule has 0 saturated carbocycles. The summed E-state index contributed by atoms with van der Waals surface area (Å²) in [6.07, 6.45) is 3.96. The SMILES string of the molecule is C/C(=C\c1ccco1)C1CC(=O)Nc2cc(OCC(=O)N3CCOCC3)ccc21. The number of furan rings is 1. The second-order valence-corrected chi connectivity index (χ2v) is 7.24. The third-order valence-corrected chi connectivity index (χ3v) is 5.25. The Balaban J connectivity index is 1.47. The Morgan fingerprint density at radius 3 is 2.90 bits per heavy atom. The Morgan fingerprint density at radius 1 is 1.31 bits per heavy atom. The highest BCUT2D eigenvalue weighted by molar-refractivity contribution is 5.95. The van der Waals surface area contributed by atoms with E-state index < -0.39 is 0 Å². The Kier molecular flexibility index (Phi) is 5.67. The van der Waals surface area contributed by atoms with Crippen molar-refractivity contribution in [2.24, 2.45) is 0 Å². The number of hydrogen-bond donors (Lipinski definition) is 1. The van der Waals surface area contributed by atoms with Crippen molar-refractivity contribution >= 4 is 23.6 Å². The molecule has 1 aromatic carbocycles. The minimum Gasteiger partial charge on any atom is -0.484 e. The smallest absolute Gasteiger partial charge is 0.260 e. The van der Waals surface area contributed by atoms with Gasteiger partial charge in [0.2, 0.25) is 5.91 Å². The third kappa shape index (κ3) is 4.51. The highest BCUT2D eigenvalue weighted by Crippen LogP contribution is 2.39. The molecule has 1 unspecified atom stereocenters. The first-order chi connectivity index (χ1) is 14.1. The molecular weight excluding hydrogens is 372 g/mol. The Morgan fingerprint density at radius 2 is 2.14 bits per heavy atom. The van der Waals surface area contributed by atoms with Crippen molar-refractivity contribution < 1.29 is 23.5 Å². The summed E-state index contributed by atoms with van der Waals surface area (Å²) in [5.74, 6) is 1.17. The normalized spacial score (nSPS) is 19.5. The third-order valence-electron chi connectivity index (χ3n) is 5.25. The van der Waals surface area contributed by atoms with Gasteiger partial charge in [0, 0.05) is 37.2 Å². The van der Waals surface area contributed by atoms with Gasteiger partial charge >= 0.3 is 0 Å². The number of benzene rings is 1. The van der Waals surface area contributed by atoms with Gasteiger partial charge in [0.15, 0.2) is 6.61 Å². The van der Waals surface area contributed by atoms with Gasteiger partial charge in [0.25, 0.3) is 5.91 Å². The molecule has 3 heterocycles. The second-order valence-electron chi connectivity index (χ2n) is 7.24. The number of carbonyl (C=O) groups excluding carboxylic acids is 2. The molecule has 7 nitrogen and oxygen atoms in total. The number of ether oxygens (including phenoxy) is 2. The molecule has 2 amide bonds. The largest absolute Gasteiger partial charge is 0.484 e. The molecule has 7 heteroatoms. The lowest BCUT2D eigenvalue weighted by molar-refractivity contribution is -0.137. The fourth-order valence-electron chi connectivity index (χ4n) is 3.69. The summed E-state index contributed by atoms with van der Waals surface area (Å²) in [5, 5.41) is 2.91. The van der Waals surface area contributed by atoms with Crippen molar-refractivity contribution in [1.29, 1.82) is 0 Å². The monoisotopic (exact) mass is 396 g/mol. The lowest BCUT2D eigenvalue weighted by Crippen LogP contribution is -2.42. The van der Waals surface area contributed by atoms with Gasteiger partial charge in [-0.3, -0.25) is 9.59 Å². The van der Waals surface area contributed by atoms with Crippen molar-refractivity contribution in [3.8, 4) is 5.75 Å². The minimum absolute atomic E-state index is 0.0341. The molecule has 1 N–H and O–H groups in total. The van der Waals surface area contributed by atoms with E-state index in [0.29, 0.717) is 38.5 Å². The Bertz CT molecular complexity index is 913. The molecule has 29 heavy (non-hydrogen) atoms. The van der Waals surface area contributed by atoms with E-state index in [1.54, 1.807) is 17.2 Å². The van der Waals surface area contributed by atoms with E-state index in [-0.39, 0.29) is 24.3 Å². The van der Waals surface area contributed by atoms with Gasteiger partial charge < -0.3 is 24.1 Å². The van der Waals surface area contributed by atoms with Crippen LogP contribution in [0, 0.1) is 0 Å². The first-order valence-corrected chi connectivity index (χ1v) is 9.74. The number of nitrogens with zero attached hydrogens (tertiary/aromatic N) is 1. The summed E-state index contributed by atoms with van der Waals surface area (Å²) in [5.41, 5.74) is 2.79. The maximum atomic E-state index is 12.3. The Hall–Kier alpha value is -3.06. The number of hydrogen-bond acceptors (Lipinski definition) is 5. The summed E-state index contributed by atoms with van der Waals surface area (Å²) in [6, 6.07) is 9.30. The predicted molar refractivity (Wildman–Crippen MR) is 108 cm³/mol. The fourth-order valence-corrected chi connectivity index (χ4v) is 3.69. The van der Waals surface area contributed by atoms with E-state index in [1.807, 2.05) is 37.3 Å². The van der Waals surface area contributed by atoms with Gasteiger partial charge in [0.1, 0.15) is 11.5 Å². The molecular formula is C22H24N2O5.